The molecule has 186 valence electrons. The Morgan fingerprint density at radius 1 is 1.06 bits per heavy atom. The molecule has 0 aliphatic carbocycles. The third-order valence-electron chi connectivity index (χ3n) is 5.35. The second-order valence-corrected chi connectivity index (χ2v) is 8.25. The Hall–Kier alpha value is -3.42. The van der Waals surface area contributed by atoms with Crippen LogP contribution in [0.4, 0.5) is 0 Å². The normalized spacial score (nSPS) is 14.9. The average molecular weight is 473 g/mol. The lowest BCUT2D eigenvalue weighted by Gasteiger charge is -2.24. The van der Waals surface area contributed by atoms with Gasteiger partial charge in [-0.15, -0.1) is 0 Å². The Morgan fingerprint density at radius 2 is 1.68 bits per heavy atom. The van der Waals surface area contributed by atoms with Crippen molar-refractivity contribution in [3.8, 4) is 0 Å². The van der Waals surface area contributed by atoms with Crippen LogP contribution in [0.15, 0.2) is 52.5 Å². The van der Waals surface area contributed by atoms with E-state index >= 15 is 0 Å². The standard InChI is InChI=1S/C26H36N2O6/c1-10-21(32-9)23(34-25(30)15(2)3)22(27-8)24(29)28-18(6)26(31)33-19(7)17(5)20-14-12-11-13-16(20)4/h10-15,17-19H,8H2,1-7,9H3,(H,28,29)/b21-10+,23-22+/t17-,18-,19+/m0/s1. The molecule has 0 unspecified atom stereocenters. The van der Waals surface area contributed by atoms with Crippen molar-refractivity contribution in [2.75, 3.05) is 7.11 Å². The molecular weight excluding hydrogens is 436 g/mol. The number of ether oxygens (including phenoxy) is 3. The second kappa shape index (κ2) is 13.3. The van der Waals surface area contributed by atoms with E-state index in [0.29, 0.717) is 0 Å². The SMILES string of the molecule is C=N/C(C(=O)N[C@@H](C)C(=O)O[C@H](C)[C@H](C)c1ccccc1C)=C(OC(=O)C(C)C)\C(=C/C)OC. The Balaban J connectivity index is 3.04. The Labute approximate surface area is 202 Å². The van der Waals surface area contributed by atoms with Crippen LogP contribution in [0, 0.1) is 12.8 Å². The number of hydrogen-bond acceptors (Lipinski definition) is 7. The fourth-order valence-corrected chi connectivity index (χ4v) is 3.08. The lowest BCUT2D eigenvalue weighted by molar-refractivity contribution is -0.152. The van der Waals surface area contributed by atoms with Crippen LogP contribution in [0.2, 0.25) is 0 Å². The Bertz CT molecular complexity index is 964. The highest BCUT2D eigenvalue weighted by molar-refractivity contribution is 5.97. The van der Waals surface area contributed by atoms with Gasteiger partial charge in [-0.1, -0.05) is 45.0 Å². The second-order valence-electron chi connectivity index (χ2n) is 8.25. The van der Waals surface area contributed by atoms with Gasteiger partial charge in [-0.05, 0) is 51.6 Å². The van der Waals surface area contributed by atoms with Crippen LogP contribution in [0.25, 0.3) is 0 Å². The largest absolute Gasteiger partial charge is 0.493 e. The minimum atomic E-state index is -0.991. The predicted octanol–water partition coefficient (Wildman–Crippen LogP) is 4.20. The molecule has 0 aliphatic heterocycles. The lowest BCUT2D eigenvalue weighted by Crippen LogP contribution is -2.42. The third kappa shape index (κ3) is 7.57. The van der Waals surface area contributed by atoms with E-state index < -0.39 is 35.9 Å². The minimum absolute atomic E-state index is 0.0423. The lowest BCUT2D eigenvalue weighted by atomic mass is 9.92. The van der Waals surface area contributed by atoms with E-state index in [1.54, 1.807) is 27.7 Å². The van der Waals surface area contributed by atoms with Gasteiger partial charge in [-0.3, -0.25) is 14.6 Å². The number of nitrogens with zero attached hydrogens (tertiary/aromatic N) is 1. The molecule has 0 aromatic heterocycles. The van der Waals surface area contributed by atoms with Crippen molar-refractivity contribution in [3.63, 3.8) is 0 Å². The van der Waals surface area contributed by atoms with Gasteiger partial charge in [0.15, 0.2) is 11.5 Å². The number of amides is 1. The molecule has 1 rings (SSSR count). The molecule has 1 amide bonds. The van der Waals surface area contributed by atoms with E-state index in [1.807, 2.05) is 38.1 Å². The molecule has 0 spiro atoms. The zero-order chi connectivity index (χ0) is 26.0. The quantitative estimate of drug-likeness (QED) is 0.170. The van der Waals surface area contributed by atoms with Crippen molar-refractivity contribution in [2.24, 2.45) is 10.9 Å². The molecule has 3 atom stereocenters. The van der Waals surface area contributed by atoms with Gasteiger partial charge in [0.2, 0.25) is 5.76 Å². The van der Waals surface area contributed by atoms with Crippen molar-refractivity contribution < 1.29 is 28.6 Å². The molecular formula is C26H36N2O6. The molecule has 0 bridgehead atoms. The summed E-state index contributed by atoms with van der Waals surface area (Å²) in [6.45, 7) is 15.7. The summed E-state index contributed by atoms with van der Waals surface area (Å²) in [6.07, 6.45) is 1.10. The fraction of sp³-hybridized carbons (Fsp3) is 0.462. The van der Waals surface area contributed by atoms with E-state index in [9.17, 15) is 14.4 Å². The average Bonchev–Trinajstić information content (AvgIpc) is 2.79. The molecule has 8 nitrogen and oxygen atoms in total. The van der Waals surface area contributed by atoms with Crippen LogP contribution in [-0.2, 0) is 28.6 Å². The molecule has 1 aromatic carbocycles. The van der Waals surface area contributed by atoms with Gasteiger partial charge in [0, 0.05) is 5.92 Å². The van der Waals surface area contributed by atoms with Crippen LogP contribution in [0.3, 0.4) is 0 Å². The molecule has 8 heteroatoms. The molecule has 1 N–H and O–H groups in total. The first kappa shape index (κ1) is 28.6. The summed E-state index contributed by atoms with van der Waals surface area (Å²) in [4.78, 5) is 41.5. The minimum Gasteiger partial charge on any atom is -0.493 e. The van der Waals surface area contributed by atoms with Gasteiger partial charge in [0.25, 0.3) is 5.91 Å². The number of aryl methyl sites for hydroxylation is 1. The smallest absolute Gasteiger partial charge is 0.328 e. The highest BCUT2D eigenvalue weighted by Crippen LogP contribution is 2.25. The van der Waals surface area contributed by atoms with Gasteiger partial charge >= 0.3 is 11.9 Å². The summed E-state index contributed by atoms with van der Waals surface area (Å²) in [7, 11) is 1.37. The molecule has 0 fully saturated rings. The molecule has 34 heavy (non-hydrogen) atoms. The van der Waals surface area contributed by atoms with Crippen LogP contribution in [-0.4, -0.2) is 43.8 Å². The molecule has 0 saturated heterocycles. The van der Waals surface area contributed by atoms with Crippen LogP contribution in [0.1, 0.15) is 58.6 Å². The van der Waals surface area contributed by atoms with Crippen molar-refractivity contribution in [3.05, 3.63) is 58.7 Å². The number of nitrogens with one attached hydrogen (secondary N) is 1. The monoisotopic (exact) mass is 472 g/mol. The number of carbonyl (C=O) groups is 3. The zero-order valence-corrected chi connectivity index (χ0v) is 21.3. The topological polar surface area (TPSA) is 103 Å². The van der Waals surface area contributed by atoms with Gasteiger partial charge in [-0.2, -0.15) is 0 Å². The van der Waals surface area contributed by atoms with E-state index in [4.69, 9.17) is 14.2 Å². The molecule has 0 saturated carbocycles. The third-order valence-corrected chi connectivity index (χ3v) is 5.35. The summed E-state index contributed by atoms with van der Waals surface area (Å²) < 4.78 is 16.2. The number of esters is 2. The maximum Gasteiger partial charge on any atom is 0.328 e. The predicted molar refractivity (Wildman–Crippen MR) is 131 cm³/mol. The molecule has 0 aliphatic rings. The van der Waals surface area contributed by atoms with E-state index in [1.165, 1.54) is 20.1 Å². The summed E-state index contributed by atoms with van der Waals surface area (Å²) in [5.41, 5.74) is 1.90. The number of allylic oxidation sites excluding steroid dienone is 1. The van der Waals surface area contributed by atoms with Crippen molar-refractivity contribution >= 4 is 24.6 Å². The van der Waals surface area contributed by atoms with Crippen molar-refractivity contribution in [1.82, 2.24) is 5.32 Å². The molecule has 1 aromatic rings. The zero-order valence-electron chi connectivity index (χ0n) is 21.3. The Morgan fingerprint density at radius 3 is 2.18 bits per heavy atom. The van der Waals surface area contributed by atoms with Gasteiger partial charge in [0.1, 0.15) is 12.1 Å². The maximum atomic E-state index is 12.9. The summed E-state index contributed by atoms with van der Waals surface area (Å²) in [6, 6.07) is 6.90. The first-order chi connectivity index (χ1) is 16.0. The van der Waals surface area contributed by atoms with E-state index in [-0.39, 0.29) is 23.1 Å². The van der Waals surface area contributed by atoms with Crippen LogP contribution >= 0.6 is 0 Å². The summed E-state index contributed by atoms with van der Waals surface area (Å²) in [5, 5.41) is 2.53. The number of aliphatic imine (C=N–C) groups is 1. The summed E-state index contributed by atoms with van der Waals surface area (Å²) >= 11 is 0. The number of hydrogen-bond donors (Lipinski definition) is 1. The van der Waals surface area contributed by atoms with E-state index in [0.717, 1.165) is 11.1 Å². The first-order valence-corrected chi connectivity index (χ1v) is 11.2. The number of carbonyl (C=O) groups excluding carboxylic acids is 3. The van der Waals surface area contributed by atoms with Gasteiger partial charge in [-0.25, -0.2) is 4.79 Å². The van der Waals surface area contributed by atoms with Crippen molar-refractivity contribution in [1.29, 1.82) is 0 Å². The number of benzene rings is 1. The van der Waals surface area contributed by atoms with Crippen molar-refractivity contribution in [2.45, 2.75) is 66.5 Å². The Kier molecular flexibility index (Phi) is 11.2. The van der Waals surface area contributed by atoms with Gasteiger partial charge < -0.3 is 19.5 Å². The molecule has 0 radical (unpaired) electrons. The first-order valence-electron chi connectivity index (χ1n) is 11.2. The maximum absolute atomic E-state index is 12.9. The van der Waals surface area contributed by atoms with Gasteiger partial charge in [0.05, 0.1) is 13.0 Å². The highest BCUT2D eigenvalue weighted by atomic mass is 16.6. The number of rotatable bonds is 11. The molecule has 0 heterocycles. The van der Waals surface area contributed by atoms with Crippen LogP contribution < -0.4 is 5.32 Å². The summed E-state index contributed by atoms with van der Waals surface area (Å²) in [5.74, 6) is -2.50. The number of methoxy groups -OCH3 is 1. The van der Waals surface area contributed by atoms with E-state index in [2.05, 4.69) is 17.0 Å². The highest BCUT2D eigenvalue weighted by Gasteiger charge is 2.28. The van der Waals surface area contributed by atoms with Crippen LogP contribution in [0.5, 0.6) is 0 Å². The fourth-order valence-electron chi connectivity index (χ4n) is 3.08.